The molecule has 0 saturated carbocycles. The smallest absolute Gasteiger partial charge is 0.199 e. The second kappa shape index (κ2) is 5.52. The summed E-state index contributed by atoms with van der Waals surface area (Å²) < 4.78 is 0. The highest BCUT2D eigenvalue weighted by Gasteiger charge is 2.18. The Bertz CT molecular complexity index is 459. The zero-order chi connectivity index (χ0) is 13.8. The molecule has 0 amide bonds. The molecule has 0 radical (unpaired) electrons. The van der Waals surface area contributed by atoms with E-state index >= 15 is 0 Å². The van der Waals surface area contributed by atoms with Crippen molar-refractivity contribution in [3.05, 3.63) is 42.4 Å². The molecule has 0 spiro atoms. The van der Waals surface area contributed by atoms with Gasteiger partial charge in [0.25, 0.3) is 0 Å². The van der Waals surface area contributed by atoms with Gasteiger partial charge in [0.1, 0.15) is 5.60 Å². The topological polar surface area (TPSA) is 63.4 Å². The molecule has 1 rings (SSSR count). The van der Waals surface area contributed by atoms with Gasteiger partial charge in [-0.05, 0) is 26.0 Å². The van der Waals surface area contributed by atoms with Gasteiger partial charge in [-0.15, -0.1) is 0 Å². The van der Waals surface area contributed by atoms with Crippen molar-refractivity contribution in [1.29, 1.82) is 5.26 Å². The molecular weight excluding hydrogens is 228 g/mol. The first-order valence-electron chi connectivity index (χ1n) is 5.60. The second-order valence-electron chi connectivity index (χ2n) is 4.48. The predicted molar refractivity (Wildman–Crippen MR) is 68.6 cm³/mol. The van der Waals surface area contributed by atoms with E-state index in [0.29, 0.717) is 12.2 Å². The SMILES string of the molecule is C=CN(Cc1cccc(C(C)(C)O)n1)N(C)C#N. The van der Waals surface area contributed by atoms with E-state index < -0.39 is 5.60 Å². The van der Waals surface area contributed by atoms with Gasteiger partial charge in [0.05, 0.1) is 17.9 Å². The first-order chi connectivity index (χ1) is 8.38. The van der Waals surface area contributed by atoms with Crippen LogP contribution in [0.3, 0.4) is 0 Å². The third kappa shape index (κ3) is 3.47. The summed E-state index contributed by atoms with van der Waals surface area (Å²) in [5.74, 6) is 0. The van der Waals surface area contributed by atoms with E-state index in [1.165, 1.54) is 5.01 Å². The monoisotopic (exact) mass is 246 g/mol. The fourth-order valence-corrected chi connectivity index (χ4v) is 1.42. The molecule has 0 aliphatic heterocycles. The van der Waals surface area contributed by atoms with Crippen molar-refractivity contribution in [2.75, 3.05) is 7.05 Å². The minimum absolute atomic E-state index is 0.428. The summed E-state index contributed by atoms with van der Waals surface area (Å²) in [6.45, 7) is 7.45. The minimum atomic E-state index is -0.976. The fourth-order valence-electron chi connectivity index (χ4n) is 1.42. The van der Waals surface area contributed by atoms with Gasteiger partial charge >= 0.3 is 0 Å². The van der Waals surface area contributed by atoms with Crippen LogP contribution in [0.15, 0.2) is 31.0 Å². The van der Waals surface area contributed by atoms with Crippen LogP contribution in [0.2, 0.25) is 0 Å². The maximum atomic E-state index is 9.90. The molecule has 96 valence electrons. The van der Waals surface area contributed by atoms with Crippen LogP contribution in [0.5, 0.6) is 0 Å². The van der Waals surface area contributed by atoms with Crippen molar-refractivity contribution in [3.8, 4) is 6.19 Å². The van der Waals surface area contributed by atoms with Crippen molar-refractivity contribution < 1.29 is 5.11 Å². The normalized spacial score (nSPS) is 10.6. The Labute approximate surface area is 108 Å². The third-order valence-electron chi connectivity index (χ3n) is 2.50. The Kier molecular flexibility index (Phi) is 4.29. The van der Waals surface area contributed by atoms with Gasteiger partial charge in [-0.1, -0.05) is 12.6 Å². The molecule has 1 aromatic heterocycles. The van der Waals surface area contributed by atoms with E-state index in [1.807, 2.05) is 18.3 Å². The Hall–Kier alpha value is -2.06. The molecule has 5 heteroatoms. The van der Waals surface area contributed by atoms with E-state index in [9.17, 15) is 5.11 Å². The number of aromatic nitrogens is 1. The van der Waals surface area contributed by atoms with Crippen LogP contribution in [0, 0.1) is 11.5 Å². The molecular formula is C13H18N4O. The van der Waals surface area contributed by atoms with Gasteiger partial charge in [-0.3, -0.25) is 9.99 Å². The summed E-state index contributed by atoms with van der Waals surface area (Å²) in [6.07, 6.45) is 3.55. The molecule has 0 aromatic carbocycles. The molecule has 0 fully saturated rings. The first-order valence-corrected chi connectivity index (χ1v) is 5.60. The van der Waals surface area contributed by atoms with Crippen molar-refractivity contribution in [1.82, 2.24) is 15.0 Å². The molecule has 0 atom stereocenters. The van der Waals surface area contributed by atoms with Crippen molar-refractivity contribution in [3.63, 3.8) is 0 Å². The molecule has 0 saturated heterocycles. The maximum Gasteiger partial charge on any atom is 0.199 e. The summed E-state index contributed by atoms with van der Waals surface area (Å²) in [5.41, 5.74) is 0.385. The number of nitriles is 1. The molecule has 0 aliphatic carbocycles. The van der Waals surface area contributed by atoms with Gasteiger partial charge in [-0.25, -0.2) is 5.01 Å². The number of hydrogen-bond donors (Lipinski definition) is 1. The first kappa shape index (κ1) is 14.0. The van der Waals surface area contributed by atoms with Gasteiger partial charge in [0.2, 0.25) is 0 Å². The van der Waals surface area contributed by atoms with E-state index in [0.717, 1.165) is 5.69 Å². The number of nitrogens with zero attached hydrogens (tertiary/aromatic N) is 4. The Morgan fingerprint density at radius 3 is 2.72 bits per heavy atom. The average Bonchev–Trinajstić information content (AvgIpc) is 2.34. The van der Waals surface area contributed by atoms with E-state index in [2.05, 4.69) is 11.6 Å². The molecule has 0 bridgehead atoms. The van der Waals surface area contributed by atoms with E-state index in [4.69, 9.17) is 5.26 Å². The Morgan fingerprint density at radius 1 is 1.56 bits per heavy atom. The fraction of sp³-hybridized carbons (Fsp3) is 0.385. The zero-order valence-corrected chi connectivity index (χ0v) is 11.0. The molecule has 1 aromatic rings. The molecule has 0 aliphatic rings. The molecule has 0 unspecified atom stereocenters. The van der Waals surface area contributed by atoms with E-state index in [-0.39, 0.29) is 0 Å². The molecule has 5 nitrogen and oxygen atoms in total. The quantitative estimate of drug-likeness (QED) is 0.485. The zero-order valence-electron chi connectivity index (χ0n) is 11.0. The molecule has 1 heterocycles. The van der Waals surface area contributed by atoms with Gasteiger partial charge in [-0.2, -0.15) is 5.26 Å². The Morgan fingerprint density at radius 2 is 2.22 bits per heavy atom. The standard InChI is InChI=1S/C13H18N4O/c1-5-17(16(4)10-14)9-11-7-6-8-12(15-11)13(2,3)18/h5-8,18H,1,9H2,2-4H3. The largest absolute Gasteiger partial charge is 0.384 e. The van der Waals surface area contributed by atoms with Crippen LogP contribution in [0.4, 0.5) is 0 Å². The highest BCUT2D eigenvalue weighted by Crippen LogP contribution is 2.17. The third-order valence-corrected chi connectivity index (χ3v) is 2.50. The lowest BCUT2D eigenvalue weighted by Crippen LogP contribution is -2.31. The maximum absolute atomic E-state index is 9.90. The van der Waals surface area contributed by atoms with E-state index in [1.54, 1.807) is 38.2 Å². The summed E-state index contributed by atoms with van der Waals surface area (Å²) >= 11 is 0. The number of hydrogen-bond acceptors (Lipinski definition) is 5. The lowest BCUT2D eigenvalue weighted by Gasteiger charge is -2.25. The van der Waals surface area contributed by atoms with Crippen LogP contribution in [0.1, 0.15) is 25.2 Å². The van der Waals surface area contributed by atoms with Crippen LogP contribution < -0.4 is 0 Å². The number of aliphatic hydroxyl groups is 1. The minimum Gasteiger partial charge on any atom is -0.384 e. The summed E-state index contributed by atoms with van der Waals surface area (Å²) in [6, 6.07) is 5.45. The van der Waals surface area contributed by atoms with Crippen molar-refractivity contribution in [2.24, 2.45) is 0 Å². The number of rotatable bonds is 5. The summed E-state index contributed by atoms with van der Waals surface area (Å²) in [7, 11) is 1.64. The van der Waals surface area contributed by atoms with Crippen LogP contribution in [-0.2, 0) is 12.1 Å². The number of hydrazine groups is 1. The van der Waals surface area contributed by atoms with Crippen LogP contribution in [0.25, 0.3) is 0 Å². The molecule has 18 heavy (non-hydrogen) atoms. The average molecular weight is 246 g/mol. The summed E-state index contributed by atoms with van der Waals surface area (Å²) in [5, 5.41) is 21.7. The van der Waals surface area contributed by atoms with Crippen LogP contribution >= 0.6 is 0 Å². The number of pyridine rings is 1. The van der Waals surface area contributed by atoms with Gasteiger partial charge < -0.3 is 5.11 Å². The van der Waals surface area contributed by atoms with Gasteiger partial charge in [0.15, 0.2) is 6.19 Å². The van der Waals surface area contributed by atoms with Crippen molar-refractivity contribution in [2.45, 2.75) is 26.0 Å². The van der Waals surface area contributed by atoms with Crippen LogP contribution in [-0.4, -0.2) is 27.2 Å². The summed E-state index contributed by atoms with van der Waals surface area (Å²) in [4.78, 5) is 4.37. The molecule has 1 N–H and O–H groups in total. The lowest BCUT2D eigenvalue weighted by molar-refractivity contribution is 0.0724. The highest BCUT2D eigenvalue weighted by atomic mass is 16.3. The second-order valence-corrected chi connectivity index (χ2v) is 4.48. The lowest BCUT2D eigenvalue weighted by atomic mass is 10.0. The predicted octanol–water partition coefficient (Wildman–Crippen LogP) is 1.58. The Balaban J connectivity index is 2.92. The highest BCUT2D eigenvalue weighted by molar-refractivity contribution is 5.16. The van der Waals surface area contributed by atoms with Crippen molar-refractivity contribution >= 4 is 0 Å². The van der Waals surface area contributed by atoms with Gasteiger partial charge in [0, 0.05) is 13.2 Å².